The standard InChI is InChI=1S/C17H26BrNOS/c1-3-5-6-14(4-2)11-19-17(20)13-21-12-15-7-9-16(18)10-8-15/h7-10,14H,3-6,11-13H2,1-2H3,(H,19,20). The second-order valence-corrected chi connectivity index (χ2v) is 7.24. The molecule has 21 heavy (non-hydrogen) atoms. The quantitative estimate of drug-likeness (QED) is 0.625. The van der Waals surface area contributed by atoms with Gasteiger partial charge >= 0.3 is 0 Å². The molecule has 0 aliphatic carbocycles. The molecule has 1 N–H and O–H groups in total. The topological polar surface area (TPSA) is 29.1 Å². The number of unbranched alkanes of at least 4 members (excludes halogenated alkanes) is 1. The number of halogens is 1. The highest BCUT2D eigenvalue weighted by Crippen LogP contribution is 2.16. The van der Waals surface area contributed by atoms with Gasteiger partial charge in [-0.25, -0.2) is 0 Å². The van der Waals surface area contributed by atoms with Crippen LogP contribution in [0.5, 0.6) is 0 Å². The molecule has 2 nitrogen and oxygen atoms in total. The summed E-state index contributed by atoms with van der Waals surface area (Å²) in [7, 11) is 0. The van der Waals surface area contributed by atoms with Crippen molar-refractivity contribution in [3.05, 3.63) is 34.3 Å². The Kier molecular flexibility index (Phi) is 9.85. The summed E-state index contributed by atoms with van der Waals surface area (Å²) < 4.78 is 1.09. The monoisotopic (exact) mass is 371 g/mol. The molecule has 0 radical (unpaired) electrons. The number of hydrogen-bond donors (Lipinski definition) is 1. The van der Waals surface area contributed by atoms with Crippen LogP contribution < -0.4 is 5.32 Å². The average molecular weight is 372 g/mol. The highest BCUT2D eigenvalue weighted by molar-refractivity contribution is 9.10. The molecule has 1 unspecified atom stereocenters. The molecule has 0 heterocycles. The third-order valence-electron chi connectivity index (χ3n) is 3.55. The van der Waals surface area contributed by atoms with Crippen molar-refractivity contribution in [2.75, 3.05) is 12.3 Å². The van der Waals surface area contributed by atoms with Crippen LogP contribution >= 0.6 is 27.7 Å². The van der Waals surface area contributed by atoms with E-state index in [0.29, 0.717) is 11.7 Å². The third kappa shape index (κ3) is 8.52. The lowest BCUT2D eigenvalue weighted by atomic mass is 9.99. The molecule has 0 spiro atoms. The molecular weight excluding hydrogens is 346 g/mol. The largest absolute Gasteiger partial charge is 0.355 e. The predicted molar refractivity (Wildman–Crippen MR) is 96.6 cm³/mol. The van der Waals surface area contributed by atoms with E-state index in [-0.39, 0.29) is 5.91 Å². The van der Waals surface area contributed by atoms with E-state index in [1.807, 2.05) is 12.1 Å². The number of amides is 1. The van der Waals surface area contributed by atoms with Gasteiger partial charge in [0.1, 0.15) is 0 Å². The number of rotatable bonds is 10. The number of thioether (sulfide) groups is 1. The van der Waals surface area contributed by atoms with Crippen LogP contribution in [0.25, 0.3) is 0 Å². The number of hydrogen-bond acceptors (Lipinski definition) is 2. The van der Waals surface area contributed by atoms with Crippen molar-refractivity contribution in [2.45, 2.75) is 45.3 Å². The van der Waals surface area contributed by atoms with Gasteiger partial charge in [-0.3, -0.25) is 4.79 Å². The van der Waals surface area contributed by atoms with Crippen LogP contribution in [0.4, 0.5) is 0 Å². The summed E-state index contributed by atoms with van der Waals surface area (Å²) in [6.07, 6.45) is 4.85. The zero-order chi connectivity index (χ0) is 15.5. The van der Waals surface area contributed by atoms with E-state index >= 15 is 0 Å². The fourth-order valence-corrected chi connectivity index (χ4v) is 3.18. The van der Waals surface area contributed by atoms with Gasteiger partial charge in [0.15, 0.2) is 0 Å². The minimum absolute atomic E-state index is 0.159. The van der Waals surface area contributed by atoms with Gasteiger partial charge in [-0.2, -0.15) is 0 Å². The van der Waals surface area contributed by atoms with Crippen molar-refractivity contribution in [3.8, 4) is 0 Å². The van der Waals surface area contributed by atoms with Crippen molar-refractivity contribution < 1.29 is 4.79 Å². The van der Waals surface area contributed by atoms with E-state index in [2.05, 4.69) is 47.2 Å². The van der Waals surface area contributed by atoms with E-state index in [0.717, 1.165) is 23.2 Å². The van der Waals surface area contributed by atoms with E-state index < -0.39 is 0 Å². The van der Waals surface area contributed by atoms with Crippen LogP contribution in [0, 0.1) is 5.92 Å². The highest BCUT2D eigenvalue weighted by Gasteiger charge is 2.08. The summed E-state index contributed by atoms with van der Waals surface area (Å²) in [4.78, 5) is 11.8. The zero-order valence-corrected chi connectivity index (χ0v) is 15.4. The molecule has 118 valence electrons. The van der Waals surface area contributed by atoms with Crippen LogP contribution in [0.1, 0.15) is 45.1 Å². The number of carbonyl (C=O) groups excluding carboxylic acids is 1. The predicted octanol–water partition coefficient (Wildman–Crippen LogP) is 5.01. The minimum atomic E-state index is 0.159. The van der Waals surface area contributed by atoms with Crippen molar-refractivity contribution >= 4 is 33.6 Å². The number of carbonyl (C=O) groups is 1. The maximum Gasteiger partial charge on any atom is 0.230 e. The molecule has 0 aliphatic heterocycles. The Hall–Kier alpha value is -0.480. The fraction of sp³-hybridized carbons (Fsp3) is 0.588. The van der Waals surface area contributed by atoms with Crippen LogP contribution in [0.2, 0.25) is 0 Å². The second-order valence-electron chi connectivity index (χ2n) is 5.34. The van der Waals surface area contributed by atoms with Gasteiger partial charge in [-0.1, -0.05) is 61.2 Å². The first kappa shape index (κ1) is 18.6. The molecule has 1 rings (SSSR count). The molecule has 1 aromatic rings. The summed E-state index contributed by atoms with van der Waals surface area (Å²) in [5.74, 6) is 2.21. The summed E-state index contributed by atoms with van der Waals surface area (Å²) in [5.41, 5.74) is 1.25. The van der Waals surface area contributed by atoms with Crippen molar-refractivity contribution in [3.63, 3.8) is 0 Å². The fourth-order valence-electron chi connectivity index (χ4n) is 2.09. The van der Waals surface area contributed by atoms with Crippen molar-refractivity contribution in [2.24, 2.45) is 5.92 Å². The highest BCUT2D eigenvalue weighted by atomic mass is 79.9. The third-order valence-corrected chi connectivity index (χ3v) is 5.08. The Morgan fingerprint density at radius 2 is 2.00 bits per heavy atom. The lowest BCUT2D eigenvalue weighted by Gasteiger charge is -2.15. The first-order valence-corrected chi connectivity index (χ1v) is 9.69. The average Bonchev–Trinajstić information content (AvgIpc) is 2.49. The Balaban J connectivity index is 2.17. The van der Waals surface area contributed by atoms with Gasteiger partial charge in [0.2, 0.25) is 5.91 Å². The van der Waals surface area contributed by atoms with Crippen LogP contribution in [0.3, 0.4) is 0 Å². The molecule has 0 aliphatic rings. The lowest BCUT2D eigenvalue weighted by Crippen LogP contribution is -2.30. The molecule has 0 bridgehead atoms. The molecule has 0 saturated carbocycles. The van der Waals surface area contributed by atoms with Gasteiger partial charge in [-0.05, 0) is 30.0 Å². The smallest absolute Gasteiger partial charge is 0.230 e. The van der Waals surface area contributed by atoms with Gasteiger partial charge in [-0.15, -0.1) is 11.8 Å². The SMILES string of the molecule is CCCCC(CC)CNC(=O)CSCc1ccc(Br)cc1. The Bertz CT molecular complexity index is 408. The maximum absolute atomic E-state index is 11.8. The van der Waals surface area contributed by atoms with Crippen LogP contribution in [-0.2, 0) is 10.5 Å². The zero-order valence-electron chi connectivity index (χ0n) is 13.0. The second kappa shape index (κ2) is 11.1. The van der Waals surface area contributed by atoms with Gasteiger partial charge in [0.25, 0.3) is 0 Å². The Labute approximate surface area is 141 Å². The first-order valence-electron chi connectivity index (χ1n) is 7.74. The normalized spacial score (nSPS) is 12.1. The Morgan fingerprint density at radius 3 is 2.62 bits per heavy atom. The van der Waals surface area contributed by atoms with E-state index in [1.165, 1.54) is 24.8 Å². The molecule has 4 heteroatoms. The molecule has 0 fully saturated rings. The molecule has 1 aromatic carbocycles. The van der Waals surface area contributed by atoms with E-state index in [1.54, 1.807) is 11.8 Å². The van der Waals surface area contributed by atoms with E-state index in [9.17, 15) is 4.79 Å². The number of nitrogens with one attached hydrogen (secondary N) is 1. The van der Waals surface area contributed by atoms with Crippen LogP contribution in [-0.4, -0.2) is 18.2 Å². The van der Waals surface area contributed by atoms with E-state index in [4.69, 9.17) is 0 Å². The summed E-state index contributed by atoms with van der Waals surface area (Å²) in [6, 6.07) is 8.25. The number of benzene rings is 1. The van der Waals surface area contributed by atoms with Gasteiger partial charge in [0, 0.05) is 16.8 Å². The van der Waals surface area contributed by atoms with Gasteiger partial charge in [0.05, 0.1) is 5.75 Å². The van der Waals surface area contributed by atoms with Crippen molar-refractivity contribution in [1.82, 2.24) is 5.32 Å². The Morgan fingerprint density at radius 1 is 1.29 bits per heavy atom. The minimum Gasteiger partial charge on any atom is -0.355 e. The summed E-state index contributed by atoms with van der Waals surface area (Å²) in [6.45, 7) is 5.24. The molecular formula is C17H26BrNOS. The van der Waals surface area contributed by atoms with Gasteiger partial charge < -0.3 is 5.32 Å². The molecule has 0 saturated heterocycles. The summed E-state index contributed by atoms with van der Waals surface area (Å²) in [5, 5.41) is 3.07. The maximum atomic E-state index is 11.8. The molecule has 1 amide bonds. The first-order chi connectivity index (χ1) is 10.2. The van der Waals surface area contributed by atoms with Crippen molar-refractivity contribution in [1.29, 1.82) is 0 Å². The lowest BCUT2D eigenvalue weighted by molar-refractivity contribution is -0.118. The summed E-state index contributed by atoms with van der Waals surface area (Å²) >= 11 is 5.09. The molecule has 0 aromatic heterocycles. The van der Waals surface area contributed by atoms with Crippen LogP contribution in [0.15, 0.2) is 28.7 Å². The molecule has 1 atom stereocenters.